The first kappa shape index (κ1) is 24.3. The molecule has 0 aliphatic carbocycles. The van der Waals surface area contributed by atoms with Gasteiger partial charge < -0.3 is 29.9 Å². The van der Waals surface area contributed by atoms with Crippen molar-refractivity contribution in [3.05, 3.63) is 29.8 Å². The molecule has 9 nitrogen and oxygen atoms in total. The summed E-state index contributed by atoms with van der Waals surface area (Å²) in [5, 5.41) is 6.74. The van der Waals surface area contributed by atoms with Crippen molar-refractivity contribution in [1.29, 1.82) is 0 Å². The molecule has 1 aliphatic rings. The lowest BCUT2D eigenvalue weighted by Gasteiger charge is -2.32. The second-order valence-electron chi connectivity index (χ2n) is 7.52. The van der Waals surface area contributed by atoms with Crippen molar-refractivity contribution in [3.8, 4) is 5.75 Å². The lowest BCUT2D eigenvalue weighted by molar-refractivity contribution is -0.130. The van der Waals surface area contributed by atoms with Gasteiger partial charge in [0.05, 0.1) is 13.2 Å². The van der Waals surface area contributed by atoms with Crippen LogP contribution in [0.25, 0.3) is 0 Å². The van der Waals surface area contributed by atoms with Crippen LogP contribution in [0.1, 0.15) is 32.3 Å². The molecule has 172 valence electrons. The zero-order chi connectivity index (χ0) is 22.6. The third-order valence-corrected chi connectivity index (χ3v) is 4.89. The Balaban J connectivity index is 1.89. The third kappa shape index (κ3) is 8.35. The highest BCUT2D eigenvalue weighted by Crippen LogP contribution is 2.15. The summed E-state index contributed by atoms with van der Waals surface area (Å²) in [7, 11) is 3.40. The zero-order valence-corrected chi connectivity index (χ0v) is 19.0. The van der Waals surface area contributed by atoms with Crippen LogP contribution in [-0.2, 0) is 16.1 Å². The Morgan fingerprint density at radius 1 is 1.23 bits per heavy atom. The maximum absolute atomic E-state index is 11.8. The van der Waals surface area contributed by atoms with E-state index in [0.717, 1.165) is 30.9 Å². The number of amides is 2. The molecular formula is C22H35N5O4. The number of likely N-dealkylation sites (tertiary alicyclic amines) is 1. The molecule has 31 heavy (non-hydrogen) atoms. The van der Waals surface area contributed by atoms with E-state index in [1.807, 2.05) is 38.1 Å². The van der Waals surface area contributed by atoms with Crippen LogP contribution in [0.3, 0.4) is 0 Å². The Labute approximate surface area is 184 Å². The van der Waals surface area contributed by atoms with Crippen LogP contribution in [0.4, 0.5) is 4.79 Å². The van der Waals surface area contributed by atoms with E-state index in [2.05, 4.69) is 15.6 Å². The van der Waals surface area contributed by atoms with Crippen molar-refractivity contribution >= 4 is 18.0 Å². The lowest BCUT2D eigenvalue weighted by Crippen LogP contribution is -2.49. The second kappa shape index (κ2) is 12.7. The highest BCUT2D eigenvalue weighted by atomic mass is 16.6. The van der Waals surface area contributed by atoms with Gasteiger partial charge in [-0.3, -0.25) is 4.79 Å². The average Bonchev–Trinajstić information content (AvgIpc) is 2.77. The molecule has 0 aromatic heterocycles. The summed E-state index contributed by atoms with van der Waals surface area (Å²) < 4.78 is 10.7. The number of benzene rings is 1. The fourth-order valence-electron chi connectivity index (χ4n) is 3.11. The van der Waals surface area contributed by atoms with E-state index in [1.165, 1.54) is 4.90 Å². The maximum atomic E-state index is 11.8. The van der Waals surface area contributed by atoms with Crippen LogP contribution < -0.4 is 15.4 Å². The highest BCUT2D eigenvalue weighted by molar-refractivity contribution is 5.80. The summed E-state index contributed by atoms with van der Waals surface area (Å²) in [5.41, 5.74) is 0.990. The number of hydrogen-bond acceptors (Lipinski definition) is 5. The van der Waals surface area contributed by atoms with Crippen molar-refractivity contribution in [3.63, 3.8) is 0 Å². The minimum absolute atomic E-state index is 0.00835. The third-order valence-electron chi connectivity index (χ3n) is 4.89. The molecule has 1 aromatic carbocycles. The quantitative estimate of drug-likeness (QED) is 0.480. The Bertz CT molecular complexity index is 745. The second-order valence-corrected chi connectivity index (χ2v) is 7.52. The summed E-state index contributed by atoms with van der Waals surface area (Å²) in [6.45, 7) is 6.81. The van der Waals surface area contributed by atoms with Gasteiger partial charge in [0.2, 0.25) is 0 Å². The van der Waals surface area contributed by atoms with Gasteiger partial charge in [0.1, 0.15) is 5.75 Å². The predicted molar refractivity (Wildman–Crippen MR) is 120 cm³/mol. The number of ether oxygens (including phenoxy) is 2. The molecule has 1 aromatic rings. The predicted octanol–water partition coefficient (Wildman–Crippen LogP) is 1.83. The number of nitrogens with zero attached hydrogens (tertiary/aromatic N) is 3. The van der Waals surface area contributed by atoms with Crippen molar-refractivity contribution in [2.24, 2.45) is 4.99 Å². The number of hydrogen-bond donors (Lipinski definition) is 2. The van der Waals surface area contributed by atoms with Gasteiger partial charge in [-0.15, -0.1) is 0 Å². The van der Waals surface area contributed by atoms with E-state index in [9.17, 15) is 9.59 Å². The van der Waals surface area contributed by atoms with Crippen LogP contribution in [-0.4, -0.2) is 80.7 Å². The fourth-order valence-corrected chi connectivity index (χ4v) is 3.11. The Morgan fingerprint density at radius 3 is 2.61 bits per heavy atom. The van der Waals surface area contributed by atoms with Crippen molar-refractivity contribution in [2.45, 2.75) is 39.3 Å². The Morgan fingerprint density at radius 2 is 1.97 bits per heavy atom. The van der Waals surface area contributed by atoms with Gasteiger partial charge in [0, 0.05) is 39.8 Å². The number of carbonyl (C=O) groups excluding carboxylic acids is 2. The molecule has 0 unspecified atom stereocenters. The molecule has 0 saturated carbocycles. The van der Waals surface area contributed by atoms with Crippen LogP contribution in [0.5, 0.6) is 5.75 Å². The number of likely N-dealkylation sites (N-methyl/N-ethyl adjacent to an activating group) is 1. The number of piperidine rings is 1. The van der Waals surface area contributed by atoms with Gasteiger partial charge in [0.15, 0.2) is 12.6 Å². The molecule has 0 atom stereocenters. The maximum Gasteiger partial charge on any atom is 0.409 e. The number of carbonyl (C=O) groups is 2. The minimum Gasteiger partial charge on any atom is -0.484 e. The van der Waals surface area contributed by atoms with Crippen LogP contribution in [0, 0.1) is 0 Å². The van der Waals surface area contributed by atoms with E-state index in [4.69, 9.17) is 9.47 Å². The topological polar surface area (TPSA) is 95.5 Å². The fraction of sp³-hybridized carbons (Fsp3) is 0.591. The van der Waals surface area contributed by atoms with E-state index >= 15 is 0 Å². The van der Waals surface area contributed by atoms with Gasteiger partial charge >= 0.3 is 6.09 Å². The van der Waals surface area contributed by atoms with Crippen molar-refractivity contribution < 1.29 is 19.1 Å². The summed E-state index contributed by atoms with van der Waals surface area (Å²) in [6, 6.07) is 7.84. The Hall–Kier alpha value is -2.97. The molecule has 1 aliphatic heterocycles. The smallest absolute Gasteiger partial charge is 0.409 e. The summed E-state index contributed by atoms with van der Waals surface area (Å²) in [6.07, 6.45) is 1.44. The number of nitrogens with one attached hydrogen (secondary N) is 2. The molecular weight excluding hydrogens is 398 g/mol. The standard InChI is InChI=1S/C22H35N5O4/c1-5-23-21(25-18-10-12-27(13-11-18)22(29)30-6-2)24-15-17-8-7-9-19(14-17)31-16-20(28)26(3)4/h7-9,14,18H,5-6,10-13,15-16H2,1-4H3,(H2,23,24,25). The number of rotatable bonds is 8. The summed E-state index contributed by atoms with van der Waals surface area (Å²) in [4.78, 5) is 31.5. The van der Waals surface area contributed by atoms with Crippen LogP contribution in [0.15, 0.2) is 29.3 Å². The molecule has 2 N–H and O–H groups in total. The first-order valence-corrected chi connectivity index (χ1v) is 10.8. The average molecular weight is 434 g/mol. The van der Waals surface area contributed by atoms with Crippen LogP contribution in [0.2, 0.25) is 0 Å². The minimum atomic E-state index is -0.240. The molecule has 1 saturated heterocycles. The van der Waals surface area contributed by atoms with E-state index in [1.54, 1.807) is 19.0 Å². The van der Waals surface area contributed by atoms with E-state index in [-0.39, 0.29) is 24.6 Å². The highest BCUT2D eigenvalue weighted by Gasteiger charge is 2.24. The molecule has 2 rings (SSSR count). The Kier molecular flexibility index (Phi) is 9.93. The number of guanidine groups is 1. The first-order chi connectivity index (χ1) is 14.9. The van der Waals surface area contributed by atoms with Gasteiger partial charge in [0.25, 0.3) is 5.91 Å². The summed E-state index contributed by atoms with van der Waals surface area (Å²) in [5.74, 6) is 1.30. The van der Waals surface area contributed by atoms with Gasteiger partial charge in [-0.05, 0) is 44.4 Å². The molecule has 0 bridgehead atoms. The normalized spacial score (nSPS) is 14.7. The molecule has 1 heterocycles. The van der Waals surface area contributed by atoms with Crippen molar-refractivity contribution in [2.75, 3.05) is 46.9 Å². The molecule has 2 amide bonds. The monoisotopic (exact) mass is 433 g/mol. The molecule has 0 spiro atoms. The molecule has 1 fully saturated rings. The largest absolute Gasteiger partial charge is 0.484 e. The van der Waals surface area contributed by atoms with E-state index in [0.29, 0.717) is 32.0 Å². The summed E-state index contributed by atoms with van der Waals surface area (Å²) >= 11 is 0. The van der Waals surface area contributed by atoms with Gasteiger partial charge in [-0.2, -0.15) is 0 Å². The first-order valence-electron chi connectivity index (χ1n) is 10.8. The van der Waals surface area contributed by atoms with Gasteiger partial charge in [-0.25, -0.2) is 9.79 Å². The SMILES string of the molecule is CCNC(=NCc1cccc(OCC(=O)N(C)C)c1)NC1CCN(C(=O)OCC)CC1. The van der Waals surface area contributed by atoms with Crippen LogP contribution >= 0.6 is 0 Å². The van der Waals surface area contributed by atoms with Gasteiger partial charge in [-0.1, -0.05) is 12.1 Å². The lowest BCUT2D eigenvalue weighted by atomic mass is 10.1. The van der Waals surface area contributed by atoms with E-state index < -0.39 is 0 Å². The van der Waals surface area contributed by atoms with Crippen molar-refractivity contribution in [1.82, 2.24) is 20.4 Å². The molecule has 9 heteroatoms. The molecule has 0 radical (unpaired) electrons. The zero-order valence-electron chi connectivity index (χ0n) is 19.0. The number of aliphatic imine (C=N–C) groups is 1.